The van der Waals surface area contributed by atoms with E-state index < -0.39 is 0 Å². The first-order valence-electron chi connectivity index (χ1n) is 16.6. The third-order valence-electron chi connectivity index (χ3n) is 9.64. The SMILES string of the molecule is Cc1cc(C(=O)Nc2cccc(-c3cccc(NC(=O)c4cc(C)c(CN5CC[C@@H](O)C5)cn4)c3C)c2C)ncc1CN1CC[C@@H](O)C1. The van der Waals surface area contributed by atoms with Crippen molar-refractivity contribution in [3.63, 3.8) is 0 Å². The minimum atomic E-state index is -0.286. The summed E-state index contributed by atoms with van der Waals surface area (Å²) in [4.78, 5) is 39.9. The van der Waals surface area contributed by atoms with Gasteiger partial charge in [0, 0.05) is 63.0 Å². The Labute approximate surface area is 281 Å². The second-order valence-corrected chi connectivity index (χ2v) is 13.2. The average Bonchev–Trinajstić information content (AvgIpc) is 3.67. The van der Waals surface area contributed by atoms with E-state index in [1.807, 2.05) is 76.2 Å². The Hall–Kier alpha value is -4.48. The normalized spacial score (nSPS) is 18.3. The van der Waals surface area contributed by atoms with Gasteiger partial charge in [-0.3, -0.25) is 29.4 Å². The highest BCUT2D eigenvalue weighted by Gasteiger charge is 2.23. The van der Waals surface area contributed by atoms with Gasteiger partial charge >= 0.3 is 0 Å². The molecule has 4 heterocycles. The van der Waals surface area contributed by atoms with Crippen LogP contribution < -0.4 is 10.6 Å². The number of benzene rings is 2. The number of amides is 2. The Morgan fingerprint density at radius 1 is 0.708 bits per heavy atom. The van der Waals surface area contributed by atoms with Gasteiger partial charge in [0.15, 0.2) is 0 Å². The Bertz CT molecular complexity index is 1710. The summed E-state index contributed by atoms with van der Waals surface area (Å²) in [5, 5.41) is 25.8. The maximum Gasteiger partial charge on any atom is 0.274 e. The number of hydrogen-bond acceptors (Lipinski definition) is 8. The smallest absolute Gasteiger partial charge is 0.274 e. The molecule has 48 heavy (non-hydrogen) atoms. The summed E-state index contributed by atoms with van der Waals surface area (Å²) in [6, 6.07) is 15.2. The van der Waals surface area contributed by atoms with Gasteiger partial charge in [0.05, 0.1) is 12.2 Å². The lowest BCUT2D eigenvalue weighted by atomic mass is 9.94. The van der Waals surface area contributed by atoms with Crippen molar-refractivity contribution >= 4 is 23.2 Å². The molecule has 4 N–H and O–H groups in total. The average molecular weight is 649 g/mol. The number of anilines is 2. The summed E-state index contributed by atoms with van der Waals surface area (Å²) in [5.41, 5.74) is 9.80. The van der Waals surface area contributed by atoms with Crippen LogP contribution in [0.5, 0.6) is 0 Å². The van der Waals surface area contributed by atoms with Crippen LogP contribution in [0.1, 0.15) is 67.2 Å². The van der Waals surface area contributed by atoms with Crippen LogP contribution in [0.15, 0.2) is 60.9 Å². The van der Waals surface area contributed by atoms with Gasteiger partial charge in [0.25, 0.3) is 11.8 Å². The van der Waals surface area contributed by atoms with Crippen LogP contribution in [0.4, 0.5) is 11.4 Å². The topological polar surface area (TPSA) is 131 Å². The molecule has 0 saturated carbocycles. The van der Waals surface area contributed by atoms with Crippen LogP contribution in [0.2, 0.25) is 0 Å². The van der Waals surface area contributed by atoms with Crippen LogP contribution in [0.25, 0.3) is 11.1 Å². The van der Waals surface area contributed by atoms with Crippen molar-refractivity contribution in [2.75, 3.05) is 36.8 Å². The molecule has 2 aromatic heterocycles. The summed E-state index contributed by atoms with van der Waals surface area (Å²) >= 11 is 0. The molecule has 0 bridgehead atoms. The van der Waals surface area contributed by atoms with Gasteiger partial charge in [-0.1, -0.05) is 24.3 Å². The second kappa shape index (κ2) is 14.3. The molecule has 0 unspecified atom stereocenters. The number of aliphatic hydroxyl groups is 2. The predicted octanol–water partition coefficient (Wildman–Crippen LogP) is 5.02. The lowest BCUT2D eigenvalue weighted by Crippen LogP contribution is -2.22. The third kappa shape index (κ3) is 7.47. The predicted molar refractivity (Wildman–Crippen MR) is 187 cm³/mol. The number of likely N-dealkylation sites (tertiary alicyclic amines) is 2. The lowest BCUT2D eigenvalue weighted by Gasteiger charge is -2.18. The molecule has 2 fully saturated rings. The molecule has 6 rings (SSSR count). The van der Waals surface area contributed by atoms with Crippen molar-refractivity contribution in [3.8, 4) is 11.1 Å². The van der Waals surface area contributed by atoms with Gasteiger partial charge in [0.1, 0.15) is 11.4 Å². The Morgan fingerprint density at radius 2 is 1.12 bits per heavy atom. The molecule has 10 heteroatoms. The van der Waals surface area contributed by atoms with Gasteiger partial charge in [0.2, 0.25) is 0 Å². The highest BCUT2D eigenvalue weighted by Crippen LogP contribution is 2.34. The number of pyridine rings is 2. The minimum Gasteiger partial charge on any atom is -0.392 e. The number of aromatic nitrogens is 2. The van der Waals surface area contributed by atoms with E-state index in [2.05, 4.69) is 30.4 Å². The zero-order chi connectivity index (χ0) is 33.9. The standard InChI is InChI=1S/C38H44N6O4/c1-23-15-35(39-17-27(23)19-43-13-11-29(45)21-43)37(47)41-33-9-5-7-31(25(33)3)32-8-6-10-34(26(32)4)42-38(48)36-16-24(2)28(18-40-36)20-44-14-12-30(46)22-44/h5-10,15-18,29-30,45-46H,11-14,19-22H2,1-4H3,(H,41,47)(H,42,48)/t29-,30-/m1/s1. The highest BCUT2D eigenvalue weighted by atomic mass is 16.3. The van der Waals surface area contributed by atoms with Gasteiger partial charge in [-0.2, -0.15) is 0 Å². The molecule has 0 radical (unpaired) electrons. The lowest BCUT2D eigenvalue weighted by molar-refractivity contribution is 0.101. The number of β-amino-alcohol motifs (C(OH)–C–C–N with tert-alkyl or cyclic N) is 2. The van der Waals surface area contributed by atoms with Crippen molar-refractivity contribution in [2.45, 2.75) is 65.8 Å². The Balaban J connectivity index is 1.14. The molecule has 0 aliphatic carbocycles. The van der Waals surface area contributed by atoms with E-state index in [1.165, 1.54) is 0 Å². The van der Waals surface area contributed by atoms with Crippen LogP contribution in [0, 0.1) is 27.7 Å². The van der Waals surface area contributed by atoms with E-state index in [4.69, 9.17) is 0 Å². The summed E-state index contributed by atoms with van der Waals surface area (Å²) in [6.07, 6.45) is 4.52. The first kappa shape index (κ1) is 33.4. The van der Waals surface area contributed by atoms with Gasteiger partial charge in [-0.25, -0.2) is 0 Å². The zero-order valence-electron chi connectivity index (χ0n) is 28.1. The molecule has 2 aliphatic rings. The number of aliphatic hydroxyl groups excluding tert-OH is 2. The van der Waals surface area contributed by atoms with Gasteiger partial charge in [-0.05, 0) is 109 Å². The van der Waals surface area contributed by atoms with E-state index in [0.29, 0.717) is 48.9 Å². The van der Waals surface area contributed by atoms with Crippen molar-refractivity contribution in [2.24, 2.45) is 0 Å². The van der Waals surface area contributed by atoms with Crippen molar-refractivity contribution in [3.05, 3.63) is 106 Å². The first-order chi connectivity index (χ1) is 23.0. The molecule has 2 saturated heterocycles. The third-order valence-corrected chi connectivity index (χ3v) is 9.64. The number of nitrogens with zero attached hydrogens (tertiary/aromatic N) is 4. The number of carbonyl (C=O) groups excluding carboxylic acids is 2. The zero-order valence-corrected chi connectivity index (χ0v) is 28.1. The Kier molecular flexibility index (Phi) is 9.98. The molecule has 2 atom stereocenters. The van der Waals surface area contributed by atoms with E-state index in [9.17, 15) is 19.8 Å². The highest BCUT2D eigenvalue weighted by molar-refractivity contribution is 6.05. The van der Waals surface area contributed by atoms with Crippen LogP contribution in [-0.4, -0.2) is 80.2 Å². The van der Waals surface area contributed by atoms with Gasteiger partial charge < -0.3 is 20.8 Å². The van der Waals surface area contributed by atoms with Crippen molar-refractivity contribution in [1.82, 2.24) is 19.8 Å². The minimum absolute atomic E-state index is 0.278. The van der Waals surface area contributed by atoms with Crippen LogP contribution in [0.3, 0.4) is 0 Å². The molecule has 2 aromatic carbocycles. The summed E-state index contributed by atoms with van der Waals surface area (Å²) in [5.74, 6) is -0.572. The van der Waals surface area contributed by atoms with E-state index in [1.54, 1.807) is 12.4 Å². The number of rotatable bonds is 9. The fraction of sp³-hybridized carbons (Fsp3) is 0.368. The van der Waals surface area contributed by atoms with Crippen LogP contribution in [-0.2, 0) is 13.1 Å². The van der Waals surface area contributed by atoms with Crippen molar-refractivity contribution in [1.29, 1.82) is 0 Å². The number of hydrogen-bond donors (Lipinski definition) is 4. The largest absolute Gasteiger partial charge is 0.392 e. The van der Waals surface area contributed by atoms with E-state index in [-0.39, 0.29) is 24.0 Å². The summed E-state index contributed by atoms with van der Waals surface area (Å²) in [7, 11) is 0. The maximum absolute atomic E-state index is 13.3. The molecule has 250 valence electrons. The monoisotopic (exact) mass is 648 g/mol. The molecule has 0 spiro atoms. The first-order valence-corrected chi connectivity index (χ1v) is 16.6. The molecule has 10 nitrogen and oxygen atoms in total. The molecular formula is C38H44N6O4. The summed E-state index contributed by atoms with van der Waals surface area (Å²) in [6.45, 7) is 12.3. The maximum atomic E-state index is 13.3. The number of carbonyl (C=O) groups is 2. The fourth-order valence-electron chi connectivity index (χ4n) is 6.64. The van der Waals surface area contributed by atoms with Crippen LogP contribution >= 0.6 is 0 Å². The van der Waals surface area contributed by atoms with E-state index >= 15 is 0 Å². The van der Waals surface area contributed by atoms with E-state index in [0.717, 1.165) is 70.4 Å². The molecule has 2 aliphatic heterocycles. The Morgan fingerprint density at radius 3 is 1.48 bits per heavy atom. The quantitative estimate of drug-likeness (QED) is 0.199. The molecular weight excluding hydrogens is 604 g/mol. The second-order valence-electron chi connectivity index (χ2n) is 13.2. The van der Waals surface area contributed by atoms with Gasteiger partial charge in [-0.15, -0.1) is 0 Å². The molecule has 2 amide bonds. The number of nitrogens with one attached hydrogen (secondary N) is 2. The van der Waals surface area contributed by atoms with Crippen molar-refractivity contribution < 1.29 is 19.8 Å². The number of aryl methyl sites for hydroxylation is 2. The fourth-order valence-corrected chi connectivity index (χ4v) is 6.64. The summed E-state index contributed by atoms with van der Waals surface area (Å²) < 4.78 is 0. The molecule has 4 aromatic rings.